The maximum Gasteiger partial charge on any atom is 0.414 e. The summed E-state index contributed by atoms with van der Waals surface area (Å²) in [5.41, 5.74) is 2.20. The third-order valence-electron chi connectivity index (χ3n) is 5.30. The van der Waals surface area contributed by atoms with E-state index in [0.29, 0.717) is 22.7 Å². The van der Waals surface area contributed by atoms with Crippen LogP contribution in [0.3, 0.4) is 0 Å². The summed E-state index contributed by atoms with van der Waals surface area (Å²) in [7, 11) is 1.46. The number of rotatable bonds is 5. The molecule has 0 radical (unpaired) electrons. The Kier molecular flexibility index (Phi) is 6.74. The van der Waals surface area contributed by atoms with Gasteiger partial charge in [-0.1, -0.05) is 0 Å². The predicted octanol–water partition coefficient (Wildman–Crippen LogP) is 6.69. The lowest BCUT2D eigenvalue weighted by Crippen LogP contribution is -2.34. The van der Waals surface area contributed by atoms with Crippen LogP contribution in [0.15, 0.2) is 55.0 Å². The lowest BCUT2D eigenvalue weighted by molar-refractivity contribution is 0.0588. The molecule has 1 amide bonds. The first-order valence-electron chi connectivity index (χ1n) is 11.4. The molecule has 0 aliphatic heterocycles. The van der Waals surface area contributed by atoms with Crippen LogP contribution in [0.1, 0.15) is 32.0 Å². The molecule has 2 aromatic heterocycles. The summed E-state index contributed by atoms with van der Waals surface area (Å²) in [6.45, 7) is 9.08. The first kappa shape index (κ1) is 24.8. The third kappa shape index (κ3) is 5.51. The number of anilines is 3. The Bertz CT molecular complexity index is 1420. The highest BCUT2D eigenvalue weighted by Crippen LogP contribution is 2.33. The van der Waals surface area contributed by atoms with Crippen LogP contribution in [-0.4, -0.2) is 33.7 Å². The molecule has 0 unspecified atom stereocenters. The number of nitrogens with zero attached hydrogens (tertiary/aromatic N) is 4. The topological polar surface area (TPSA) is 89.5 Å². The van der Waals surface area contributed by atoms with Gasteiger partial charge in [0.1, 0.15) is 29.2 Å². The van der Waals surface area contributed by atoms with E-state index in [1.54, 1.807) is 33.0 Å². The monoisotopic (exact) mass is 489 g/mol. The van der Waals surface area contributed by atoms with Gasteiger partial charge in [0.15, 0.2) is 5.82 Å². The third-order valence-corrected chi connectivity index (χ3v) is 5.30. The lowest BCUT2D eigenvalue weighted by atomic mass is 10.1. The van der Waals surface area contributed by atoms with Gasteiger partial charge in [0, 0.05) is 18.4 Å². The van der Waals surface area contributed by atoms with E-state index in [1.807, 2.05) is 44.2 Å². The number of fused-ring (bicyclic) bond motifs is 1. The molecule has 0 fully saturated rings. The molecule has 0 aliphatic carbocycles. The summed E-state index contributed by atoms with van der Waals surface area (Å²) < 4.78 is 27.0. The van der Waals surface area contributed by atoms with Gasteiger partial charge in [-0.3, -0.25) is 9.88 Å². The van der Waals surface area contributed by atoms with Crippen LogP contribution in [0, 0.1) is 19.7 Å². The van der Waals surface area contributed by atoms with Crippen LogP contribution < -0.4 is 15.0 Å². The standard InChI is InChI=1S/C27H28FN5O3/c1-16-13-18(8-12-22(16)35-19-9-7-17(2)29-14-19)32-25-23-20(30-15-31-25)10-11-21(24(23)28)33(6)26(34)36-27(3,4)5/h7-15H,1-6H3,(H,30,31,32). The Morgan fingerprint density at radius 1 is 1.03 bits per heavy atom. The SMILES string of the molecule is Cc1ccc(Oc2ccc(Nc3ncnc4ccc(N(C)C(=O)OC(C)(C)C)c(F)c34)cc2C)cn1. The Morgan fingerprint density at radius 2 is 1.81 bits per heavy atom. The molecule has 0 saturated heterocycles. The summed E-state index contributed by atoms with van der Waals surface area (Å²) in [5.74, 6) is 0.946. The van der Waals surface area contributed by atoms with Gasteiger partial charge in [0.2, 0.25) is 0 Å². The van der Waals surface area contributed by atoms with Gasteiger partial charge in [0.05, 0.1) is 22.8 Å². The van der Waals surface area contributed by atoms with Crippen molar-refractivity contribution in [1.82, 2.24) is 15.0 Å². The van der Waals surface area contributed by atoms with Gasteiger partial charge >= 0.3 is 6.09 Å². The number of amides is 1. The van der Waals surface area contributed by atoms with Gasteiger partial charge in [-0.2, -0.15) is 0 Å². The van der Waals surface area contributed by atoms with Crippen molar-refractivity contribution in [2.24, 2.45) is 0 Å². The predicted molar refractivity (Wildman–Crippen MR) is 138 cm³/mol. The van der Waals surface area contributed by atoms with E-state index in [0.717, 1.165) is 16.2 Å². The summed E-state index contributed by atoms with van der Waals surface area (Å²) in [6, 6.07) is 12.4. The van der Waals surface area contributed by atoms with Gasteiger partial charge in [-0.05, 0) is 82.6 Å². The van der Waals surface area contributed by atoms with E-state index in [1.165, 1.54) is 19.4 Å². The number of pyridine rings is 1. The zero-order valence-electron chi connectivity index (χ0n) is 21.1. The molecule has 0 aliphatic rings. The minimum Gasteiger partial charge on any atom is -0.455 e. The van der Waals surface area contributed by atoms with Crippen LogP contribution >= 0.6 is 0 Å². The molecule has 0 spiro atoms. The number of carbonyl (C=O) groups excluding carboxylic acids is 1. The summed E-state index contributed by atoms with van der Waals surface area (Å²) in [6.07, 6.45) is 2.36. The summed E-state index contributed by atoms with van der Waals surface area (Å²) >= 11 is 0. The van der Waals surface area contributed by atoms with E-state index >= 15 is 4.39 Å². The van der Waals surface area contributed by atoms with Crippen LogP contribution in [0.5, 0.6) is 11.5 Å². The fourth-order valence-electron chi connectivity index (χ4n) is 3.50. The molecular formula is C27H28FN5O3. The number of halogens is 1. The number of hydrogen-bond acceptors (Lipinski definition) is 7. The largest absolute Gasteiger partial charge is 0.455 e. The number of ether oxygens (including phenoxy) is 2. The Morgan fingerprint density at radius 3 is 2.47 bits per heavy atom. The maximum absolute atomic E-state index is 15.7. The molecule has 0 bridgehead atoms. The Hall–Kier alpha value is -4.27. The number of benzene rings is 2. The van der Waals surface area contributed by atoms with Crippen LogP contribution in [0.2, 0.25) is 0 Å². The number of carbonyl (C=O) groups is 1. The van der Waals surface area contributed by atoms with Gasteiger partial charge in [-0.15, -0.1) is 0 Å². The highest BCUT2D eigenvalue weighted by Gasteiger charge is 2.24. The van der Waals surface area contributed by atoms with Crippen molar-refractivity contribution >= 4 is 34.2 Å². The number of hydrogen-bond donors (Lipinski definition) is 1. The van der Waals surface area contributed by atoms with E-state index in [9.17, 15) is 4.79 Å². The molecule has 1 N–H and O–H groups in total. The quantitative estimate of drug-likeness (QED) is 0.334. The molecule has 36 heavy (non-hydrogen) atoms. The number of aromatic nitrogens is 3. The number of aryl methyl sites for hydroxylation is 2. The van der Waals surface area contributed by atoms with Crippen molar-refractivity contribution in [1.29, 1.82) is 0 Å². The van der Waals surface area contributed by atoms with Crippen LogP contribution in [0.4, 0.5) is 26.4 Å². The molecule has 9 heteroatoms. The van der Waals surface area contributed by atoms with E-state index in [2.05, 4.69) is 20.3 Å². The van der Waals surface area contributed by atoms with Crippen molar-refractivity contribution in [3.8, 4) is 11.5 Å². The Balaban J connectivity index is 1.63. The summed E-state index contributed by atoms with van der Waals surface area (Å²) in [5, 5.41) is 3.33. The van der Waals surface area contributed by atoms with Gasteiger partial charge in [-0.25, -0.2) is 19.2 Å². The highest BCUT2D eigenvalue weighted by molar-refractivity contribution is 5.97. The zero-order chi connectivity index (χ0) is 26.0. The molecule has 186 valence electrons. The molecule has 4 rings (SSSR count). The van der Waals surface area contributed by atoms with E-state index < -0.39 is 17.5 Å². The van der Waals surface area contributed by atoms with Crippen molar-refractivity contribution in [3.63, 3.8) is 0 Å². The van der Waals surface area contributed by atoms with Crippen molar-refractivity contribution in [3.05, 3.63) is 72.1 Å². The van der Waals surface area contributed by atoms with Crippen molar-refractivity contribution in [2.75, 3.05) is 17.3 Å². The van der Waals surface area contributed by atoms with Crippen LogP contribution in [-0.2, 0) is 4.74 Å². The smallest absolute Gasteiger partial charge is 0.414 e. The first-order chi connectivity index (χ1) is 17.0. The molecule has 2 aromatic carbocycles. The van der Waals surface area contributed by atoms with Gasteiger partial charge < -0.3 is 14.8 Å². The number of nitrogens with one attached hydrogen (secondary N) is 1. The molecule has 0 saturated carbocycles. The molecule has 4 aromatic rings. The lowest BCUT2D eigenvalue weighted by Gasteiger charge is -2.25. The second-order valence-corrected chi connectivity index (χ2v) is 9.40. The molecule has 2 heterocycles. The fraction of sp³-hybridized carbons (Fsp3) is 0.259. The normalized spacial score (nSPS) is 11.3. The van der Waals surface area contributed by atoms with E-state index in [4.69, 9.17) is 9.47 Å². The molecular weight excluding hydrogens is 461 g/mol. The van der Waals surface area contributed by atoms with E-state index in [-0.39, 0.29) is 16.9 Å². The molecule has 0 atom stereocenters. The Labute approximate surface area is 209 Å². The van der Waals surface area contributed by atoms with Gasteiger partial charge in [0.25, 0.3) is 0 Å². The van der Waals surface area contributed by atoms with Crippen LogP contribution in [0.25, 0.3) is 10.9 Å². The van der Waals surface area contributed by atoms with Crippen molar-refractivity contribution in [2.45, 2.75) is 40.2 Å². The highest BCUT2D eigenvalue weighted by atomic mass is 19.1. The zero-order valence-corrected chi connectivity index (χ0v) is 21.1. The average Bonchev–Trinajstić information content (AvgIpc) is 2.81. The minimum atomic E-state index is -0.710. The average molecular weight is 490 g/mol. The second-order valence-electron chi connectivity index (χ2n) is 9.40. The van der Waals surface area contributed by atoms with Crippen molar-refractivity contribution < 1.29 is 18.7 Å². The first-order valence-corrected chi connectivity index (χ1v) is 11.4. The summed E-state index contributed by atoms with van der Waals surface area (Å²) in [4.78, 5) is 26.3. The minimum absolute atomic E-state index is 0.0567. The fourth-order valence-corrected chi connectivity index (χ4v) is 3.50. The second kappa shape index (κ2) is 9.77. The molecule has 8 nitrogen and oxygen atoms in total. The maximum atomic E-state index is 15.7.